The SMILES string of the molecule is CCCCCCCCCCCC(=O)O.CCCCCCCCP(CCCCCCCC)CCCCCCCC.[Sn]. The molecule has 0 saturated carbocycles. The van der Waals surface area contributed by atoms with Crippen LogP contribution >= 0.6 is 7.92 Å². The minimum absolute atomic E-state index is 0. The maximum Gasteiger partial charge on any atom is 0.303 e. The standard InChI is InChI=1S/C24H51P.C12H24O2.Sn/c1-4-7-10-13-16-19-22-25(23-20-17-14-11-8-5-2)24-21-18-15-12-9-6-3;1-2-3-4-5-6-7-8-9-10-11-12(13)14;/h4-24H2,1-3H3;2-11H2,1H3,(H,13,14);. The van der Waals surface area contributed by atoms with Crippen LogP contribution in [0.15, 0.2) is 0 Å². The number of unbranched alkanes of at least 4 members (excludes halogenated alkanes) is 23. The predicted molar refractivity (Wildman–Crippen MR) is 187 cm³/mol. The fourth-order valence-electron chi connectivity index (χ4n) is 5.27. The zero-order valence-electron chi connectivity index (χ0n) is 28.2. The molecule has 2 nitrogen and oxygen atoms in total. The molecule has 0 unspecified atom stereocenters. The van der Waals surface area contributed by atoms with E-state index in [0.717, 1.165) is 12.8 Å². The molecule has 0 spiro atoms. The van der Waals surface area contributed by atoms with Crippen LogP contribution < -0.4 is 0 Å². The van der Waals surface area contributed by atoms with Gasteiger partial charge in [0.1, 0.15) is 0 Å². The number of rotatable bonds is 31. The number of carboxylic acids is 1. The van der Waals surface area contributed by atoms with Gasteiger partial charge in [0.2, 0.25) is 0 Å². The van der Waals surface area contributed by atoms with Crippen molar-refractivity contribution >= 4 is 37.8 Å². The van der Waals surface area contributed by atoms with Gasteiger partial charge in [-0.2, -0.15) is 0 Å². The largest absolute Gasteiger partial charge is 0.481 e. The molecule has 0 fully saturated rings. The first-order valence-corrected chi connectivity index (χ1v) is 20.0. The second-order valence-electron chi connectivity index (χ2n) is 12.1. The summed E-state index contributed by atoms with van der Waals surface area (Å²) >= 11 is 0. The van der Waals surface area contributed by atoms with Crippen LogP contribution in [0.1, 0.15) is 207 Å². The first-order chi connectivity index (χ1) is 19.1. The Kier molecular flexibility index (Phi) is 47.2. The second-order valence-corrected chi connectivity index (χ2v) is 14.8. The Morgan fingerprint density at radius 2 is 0.625 bits per heavy atom. The molecule has 1 N–H and O–H groups in total. The van der Waals surface area contributed by atoms with E-state index in [1.807, 2.05) is 0 Å². The normalized spacial score (nSPS) is 10.8. The van der Waals surface area contributed by atoms with E-state index in [9.17, 15) is 4.79 Å². The molecule has 0 saturated heterocycles. The molecule has 4 radical (unpaired) electrons. The average molecular weight is 690 g/mol. The minimum atomic E-state index is -0.659. The zero-order chi connectivity index (χ0) is 29.1. The van der Waals surface area contributed by atoms with E-state index in [4.69, 9.17) is 5.11 Å². The molecular weight excluding hydrogens is 614 g/mol. The summed E-state index contributed by atoms with van der Waals surface area (Å²) in [5.41, 5.74) is 0. The van der Waals surface area contributed by atoms with Crippen molar-refractivity contribution in [3.63, 3.8) is 0 Å². The summed E-state index contributed by atoms with van der Waals surface area (Å²) in [5.74, 6) is -0.659. The average Bonchev–Trinajstić information content (AvgIpc) is 2.93. The molecule has 4 heteroatoms. The van der Waals surface area contributed by atoms with E-state index in [1.54, 1.807) is 18.5 Å². The Labute approximate surface area is 272 Å². The van der Waals surface area contributed by atoms with Gasteiger partial charge in [0.15, 0.2) is 0 Å². The van der Waals surface area contributed by atoms with Gasteiger partial charge < -0.3 is 5.11 Å². The molecule has 0 aromatic rings. The Bertz CT molecular complexity index is 408. The van der Waals surface area contributed by atoms with Crippen molar-refractivity contribution < 1.29 is 9.90 Å². The molecule has 0 atom stereocenters. The first kappa shape index (κ1) is 45.1. The van der Waals surface area contributed by atoms with E-state index < -0.39 is 5.97 Å². The van der Waals surface area contributed by atoms with Gasteiger partial charge in [0.05, 0.1) is 0 Å². The van der Waals surface area contributed by atoms with Gasteiger partial charge in [-0.15, -0.1) is 7.92 Å². The Balaban J connectivity index is -0.000000777. The van der Waals surface area contributed by atoms with E-state index in [1.165, 1.54) is 161 Å². The quantitative estimate of drug-likeness (QED) is 0.0447. The summed E-state index contributed by atoms with van der Waals surface area (Å²) in [6.45, 7) is 9.19. The second kappa shape index (κ2) is 41.8. The topological polar surface area (TPSA) is 37.3 Å². The van der Waals surface area contributed by atoms with Crippen molar-refractivity contribution in [2.24, 2.45) is 0 Å². The van der Waals surface area contributed by atoms with Crippen molar-refractivity contribution in [2.75, 3.05) is 18.5 Å². The third kappa shape index (κ3) is 43.2. The van der Waals surface area contributed by atoms with Gasteiger partial charge in [-0.05, 0) is 44.2 Å². The molecule has 0 amide bonds. The molecule has 0 heterocycles. The molecule has 240 valence electrons. The maximum absolute atomic E-state index is 10.2. The van der Waals surface area contributed by atoms with Gasteiger partial charge in [0, 0.05) is 30.3 Å². The fourth-order valence-corrected chi connectivity index (χ4v) is 7.95. The van der Waals surface area contributed by atoms with Crippen LogP contribution in [0.25, 0.3) is 0 Å². The molecule has 0 rings (SSSR count). The Morgan fingerprint density at radius 3 is 0.875 bits per heavy atom. The molecular formula is C36H75O2PSn. The van der Waals surface area contributed by atoms with Crippen LogP contribution in [0, 0.1) is 0 Å². The Morgan fingerprint density at radius 1 is 0.400 bits per heavy atom. The van der Waals surface area contributed by atoms with Gasteiger partial charge >= 0.3 is 5.97 Å². The van der Waals surface area contributed by atoms with E-state index in [0.29, 0.717) is 14.3 Å². The van der Waals surface area contributed by atoms with Crippen LogP contribution in [0.2, 0.25) is 0 Å². The predicted octanol–water partition coefficient (Wildman–Crippen LogP) is 13.2. The zero-order valence-corrected chi connectivity index (χ0v) is 32.0. The van der Waals surface area contributed by atoms with E-state index >= 15 is 0 Å². The fraction of sp³-hybridized carbons (Fsp3) is 0.972. The Hall–Kier alpha value is 0.699. The molecule has 0 aliphatic heterocycles. The van der Waals surface area contributed by atoms with Crippen LogP contribution in [0.4, 0.5) is 0 Å². The number of aliphatic carboxylic acids is 1. The van der Waals surface area contributed by atoms with Crippen LogP contribution in [0.5, 0.6) is 0 Å². The van der Waals surface area contributed by atoms with Crippen molar-refractivity contribution in [2.45, 2.75) is 207 Å². The molecule has 0 aromatic carbocycles. The van der Waals surface area contributed by atoms with E-state index in [2.05, 4.69) is 27.7 Å². The van der Waals surface area contributed by atoms with Crippen molar-refractivity contribution in [3.05, 3.63) is 0 Å². The molecule has 0 aliphatic carbocycles. The van der Waals surface area contributed by atoms with Crippen molar-refractivity contribution in [1.82, 2.24) is 0 Å². The van der Waals surface area contributed by atoms with Gasteiger partial charge in [-0.3, -0.25) is 4.79 Å². The summed E-state index contributed by atoms with van der Waals surface area (Å²) in [7, 11) is 0.366. The monoisotopic (exact) mass is 690 g/mol. The number of carbonyl (C=O) groups is 1. The van der Waals surface area contributed by atoms with E-state index in [-0.39, 0.29) is 23.9 Å². The van der Waals surface area contributed by atoms with Crippen LogP contribution in [-0.4, -0.2) is 53.5 Å². The summed E-state index contributed by atoms with van der Waals surface area (Å²) in [5, 5.41) is 8.41. The summed E-state index contributed by atoms with van der Waals surface area (Å²) < 4.78 is 0. The smallest absolute Gasteiger partial charge is 0.303 e. The van der Waals surface area contributed by atoms with Gasteiger partial charge in [-0.1, -0.05) is 175 Å². The van der Waals surface area contributed by atoms with Crippen LogP contribution in [-0.2, 0) is 4.79 Å². The maximum atomic E-state index is 10.2. The molecule has 0 aliphatic rings. The minimum Gasteiger partial charge on any atom is -0.481 e. The third-order valence-corrected chi connectivity index (χ3v) is 10.8. The van der Waals surface area contributed by atoms with Crippen molar-refractivity contribution in [1.29, 1.82) is 0 Å². The third-order valence-electron chi connectivity index (χ3n) is 7.98. The number of hydrogen-bond donors (Lipinski definition) is 1. The first-order valence-electron chi connectivity index (χ1n) is 18.1. The summed E-state index contributed by atoms with van der Waals surface area (Å²) in [6, 6.07) is 0. The number of carboxylic acid groups (broad SMARTS) is 1. The van der Waals surface area contributed by atoms with Gasteiger partial charge in [-0.25, -0.2) is 0 Å². The number of hydrogen-bond acceptors (Lipinski definition) is 1. The van der Waals surface area contributed by atoms with Crippen molar-refractivity contribution in [3.8, 4) is 0 Å². The molecule has 0 bridgehead atoms. The summed E-state index contributed by atoms with van der Waals surface area (Å²) in [6.07, 6.45) is 42.7. The van der Waals surface area contributed by atoms with Gasteiger partial charge in [0.25, 0.3) is 0 Å². The van der Waals surface area contributed by atoms with Crippen LogP contribution in [0.3, 0.4) is 0 Å². The molecule has 0 aromatic heterocycles. The summed E-state index contributed by atoms with van der Waals surface area (Å²) in [4.78, 5) is 10.2. The molecule has 40 heavy (non-hydrogen) atoms.